The van der Waals surface area contributed by atoms with Gasteiger partial charge in [-0.15, -0.1) is 0 Å². The van der Waals surface area contributed by atoms with Crippen molar-refractivity contribution in [1.29, 1.82) is 0 Å². The third kappa shape index (κ3) is 6.43. The van der Waals surface area contributed by atoms with Crippen LogP contribution >= 0.6 is 7.26 Å². The van der Waals surface area contributed by atoms with E-state index in [-0.39, 0.29) is 5.56 Å². The molecule has 0 spiro atoms. The van der Waals surface area contributed by atoms with E-state index in [0.29, 0.717) is 0 Å². The van der Waals surface area contributed by atoms with Crippen LogP contribution in [0.1, 0.15) is 31.1 Å². The molecule has 0 atom stereocenters. The summed E-state index contributed by atoms with van der Waals surface area (Å²) in [6, 6.07) is 8.06. The number of carboxylic acids is 1. The molecule has 0 fully saturated rings. The molecule has 0 bridgehead atoms. The number of carboxylic acid groups (broad SMARTS) is 1. The summed E-state index contributed by atoms with van der Waals surface area (Å²) in [5.41, 5.74) is 1.14. The highest BCUT2D eigenvalue weighted by molar-refractivity contribution is 7.75. The van der Waals surface area contributed by atoms with E-state index in [4.69, 9.17) is 0 Å². The van der Waals surface area contributed by atoms with Crippen LogP contribution in [-0.4, -0.2) is 31.1 Å². The van der Waals surface area contributed by atoms with Crippen LogP contribution < -0.4 is 5.11 Å². The van der Waals surface area contributed by atoms with Gasteiger partial charge in [-0.3, -0.25) is 0 Å². The fraction of sp³-hybridized carbons (Fsp3) is 0.500. The van der Waals surface area contributed by atoms with Crippen molar-refractivity contribution in [3.8, 4) is 0 Å². The monoisotopic (exact) mass is 254 g/mol. The number of carbonyl (C=O) groups is 1. The highest BCUT2D eigenvalue weighted by Crippen LogP contribution is 2.54. The molecule has 0 unspecified atom stereocenters. The SMILES string of the molecule is CC[P+](C)(C)C(C)C.O=C([O-])c1ccccc1. The summed E-state index contributed by atoms with van der Waals surface area (Å²) in [7, 11) is -0.495. The van der Waals surface area contributed by atoms with Crippen molar-refractivity contribution in [2.24, 2.45) is 0 Å². The largest absolute Gasteiger partial charge is 0.545 e. The Morgan fingerprint density at radius 3 is 1.88 bits per heavy atom. The summed E-state index contributed by atoms with van der Waals surface area (Å²) in [6.07, 6.45) is 1.39. The number of benzene rings is 1. The van der Waals surface area contributed by atoms with E-state index in [0.717, 1.165) is 5.66 Å². The van der Waals surface area contributed by atoms with Crippen LogP contribution in [0.25, 0.3) is 0 Å². The van der Waals surface area contributed by atoms with Gasteiger partial charge in [0.15, 0.2) is 0 Å². The van der Waals surface area contributed by atoms with E-state index in [1.165, 1.54) is 18.3 Å². The first-order valence-electron chi connectivity index (χ1n) is 5.90. The second-order valence-corrected chi connectivity index (χ2v) is 10.1. The molecule has 0 aliphatic carbocycles. The number of aromatic carboxylic acids is 1. The van der Waals surface area contributed by atoms with Gasteiger partial charge in [-0.2, -0.15) is 0 Å². The van der Waals surface area contributed by atoms with Gasteiger partial charge in [-0.25, -0.2) is 0 Å². The standard InChI is InChI=1S/C7H6O2.C7H18P/c8-7(9)6-4-2-1-3-5-6;1-6-8(4,5)7(2)3/h1-5H,(H,8,9);7H,6H2,1-5H3/q;+1/p-1. The molecule has 96 valence electrons. The molecular weight excluding hydrogens is 231 g/mol. The van der Waals surface area contributed by atoms with Crippen LogP contribution in [-0.2, 0) is 0 Å². The first-order valence-corrected chi connectivity index (χ1v) is 8.84. The zero-order chi connectivity index (χ0) is 13.5. The van der Waals surface area contributed by atoms with Gasteiger partial charge in [-0.05, 0) is 26.3 Å². The predicted molar refractivity (Wildman–Crippen MR) is 75.2 cm³/mol. The Hall–Kier alpha value is -0.880. The lowest BCUT2D eigenvalue weighted by Crippen LogP contribution is -2.21. The minimum absolute atomic E-state index is 0.220. The lowest BCUT2D eigenvalue weighted by Gasteiger charge is -2.19. The average Bonchev–Trinajstić information content (AvgIpc) is 2.30. The van der Waals surface area contributed by atoms with Gasteiger partial charge in [0.2, 0.25) is 0 Å². The quantitative estimate of drug-likeness (QED) is 0.778. The van der Waals surface area contributed by atoms with Gasteiger partial charge >= 0.3 is 0 Å². The van der Waals surface area contributed by atoms with E-state index in [9.17, 15) is 9.90 Å². The lowest BCUT2D eigenvalue weighted by molar-refractivity contribution is -0.255. The summed E-state index contributed by atoms with van der Waals surface area (Å²) in [5.74, 6) is -1.13. The van der Waals surface area contributed by atoms with Crippen LogP contribution in [0.15, 0.2) is 30.3 Å². The van der Waals surface area contributed by atoms with E-state index < -0.39 is 13.2 Å². The predicted octanol–water partition coefficient (Wildman–Crippen LogP) is 2.74. The first-order chi connectivity index (χ1) is 7.81. The maximum atomic E-state index is 10.1. The smallest absolute Gasteiger partial charge is 0.0715 e. The topological polar surface area (TPSA) is 40.1 Å². The Balaban J connectivity index is 0.000000304. The summed E-state index contributed by atoms with van der Waals surface area (Å²) < 4.78 is 0. The fourth-order valence-electron chi connectivity index (χ4n) is 0.939. The van der Waals surface area contributed by atoms with Crippen molar-refractivity contribution < 1.29 is 9.90 Å². The highest BCUT2D eigenvalue weighted by Gasteiger charge is 2.25. The minimum atomic E-state index is -1.13. The van der Waals surface area contributed by atoms with Crippen LogP contribution in [0, 0.1) is 0 Å². The molecule has 0 aromatic heterocycles. The lowest BCUT2D eigenvalue weighted by atomic mass is 10.2. The fourth-order valence-corrected chi connectivity index (χ4v) is 1.67. The average molecular weight is 254 g/mol. The van der Waals surface area contributed by atoms with Gasteiger partial charge < -0.3 is 9.90 Å². The van der Waals surface area contributed by atoms with Gasteiger partial charge in [0, 0.05) is 20.6 Å². The van der Waals surface area contributed by atoms with Crippen LogP contribution in [0.2, 0.25) is 0 Å². The van der Waals surface area contributed by atoms with Crippen molar-refractivity contribution in [3.05, 3.63) is 35.9 Å². The third-order valence-corrected chi connectivity index (χ3v) is 7.65. The second-order valence-electron chi connectivity index (χ2n) is 4.84. The number of hydrogen-bond donors (Lipinski definition) is 0. The minimum Gasteiger partial charge on any atom is -0.545 e. The first kappa shape index (κ1) is 16.1. The molecule has 17 heavy (non-hydrogen) atoms. The van der Waals surface area contributed by atoms with Crippen molar-refractivity contribution in [1.82, 2.24) is 0 Å². The van der Waals surface area contributed by atoms with Crippen LogP contribution in [0.3, 0.4) is 0 Å². The van der Waals surface area contributed by atoms with Gasteiger partial charge in [-0.1, -0.05) is 30.3 Å². The Kier molecular flexibility index (Phi) is 7.06. The molecule has 0 saturated carbocycles. The third-order valence-electron chi connectivity index (χ3n) is 3.22. The Bertz CT molecular complexity index is 331. The molecule has 1 aromatic rings. The number of hydrogen-bond acceptors (Lipinski definition) is 2. The van der Waals surface area contributed by atoms with E-state index >= 15 is 0 Å². The zero-order valence-electron chi connectivity index (χ0n) is 11.4. The van der Waals surface area contributed by atoms with E-state index in [1.807, 2.05) is 0 Å². The molecule has 0 radical (unpaired) electrons. The molecule has 0 aliphatic rings. The van der Waals surface area contributed by atoms with Crippen molar-refractivity contribution in [2.75, 3.05) is 19.5 Å². The van der Waals surface area contributed by atoms with Crippen LogP contribution in [0.5, 0.6) is 0 Å². The molecular formula is C14H23O2P. The van der Waals surface area contributed by atoms with Gasteiger partial charge in [0.1, 0.15) is 0 Å². The summed E-state index contributed by atoms with van der Waals surface area (Å²) in [6.45, 7) is 11.8. The molecule has 0 heterocycles. The Labute approximate surface area is 105 Å². The van der Waals surface area contributed by atoms with Crippen molar-refractivity contribution >= 4 is 13.2 Å². The highest BCUT2D eigenvalue weighted by atomic mass is 31.2. The Morgan fingerprint density at radius 2 is 1.71 bits per heavy atom. The van der Waals surface area contributed by atoms with Crippen LogP contribution in [0.4, 0.5) is 0 Å². The molecule has 2 nitrogen and oxygen atoms in total. The molecule has 3 heteroatoms. The summed E-state index contributed by atoms with van der Waals surface area (Å²) >= 11 is 0. The van der Waals surface area contributed by atoms with E-state index in [2.05, 4.69) is 34.1 Å². The summed E-state index contributed by atoms with van der Waals surface area (Å²) in [4.78, 5) is 10.1. The number of rotatable bonds is 3. The maximum absolute atomic E-state index is 10.1. The van der Waals surface area contributed by atoms with Crippen molar-refractivity contribution in [2.45, 2.75) is 26.4 Å². The second kappa shape index (κ2) is 7.45. The summed E-state index contributed by atoms with van der Waals surface area (Å²) in [5, 5.41) is 10.1. The van der Waals surface area contributed by atoms with Gasteiger partial charge in [0.05, 0.1) is 17.8 Å². The Morgan fingerprint density at radius 1 is 1.24 bits per heavy atom. The molecule has 1 rings (SSSR count). The van der Waals surface area contributed by atoms with Crippen molar-refractivity contribution in [3.63, 3.8) is 0 Å². The molecule has 0 saturated heterocycles. The molecule has 1 aromatic carbocycles. The number of carbonyl (C=O) groups excluding carboxylic acids is 1. The molecule has 0 N–H and O–H groups in total. The zero-order valence-corrected chi connectivity index (χ0v) is 12.3. The maximum Gasteiger partial charge on any atom is 0.0715 e. The van der Waals surface area contributed by atoms with Gasteiger partial charge in [0.25, 0.3) is 0 Å². The molecule has 0 aliphatic heterocycles. The molecule has 0 amide bonds. The normalized spacial score (nSPS) is 10.7. The van der Waals surface area contributed by atoms with E-state index in [1.54, 1.807) is 18.2 Å².